The van der Waals surface area contributed by atoms with Crippen LogP contribution >= 0.6 is 15.9 Å². The lowest BCUT2D eigenvalue weighted by molar-refractivity contribution is 0.0485. The number of carbonyl (C=O) groups excluding carboxylic acids is 1. The molecule has 5 heteroatoms. The van der Waals surface area contributed by atoms with Gasteiger partial charge in [-0.05, 0) is 28.1 Å². The molecule has 0 saturated heterocycles. The first kappa shape index (κ1) is 12.0. The molecule has 0 aromatic heterocycles. The maximum Gasteiger partial charge on any atom is 0.188 e. The number of methoxy groups -OCH3 is 2. The van der Waals surface area contributed by atoms with E-state index in [4.69, 9.17) is 14.2 Å². The Bertz CT molecular complexity index is 352. The van der Waals surface area contributed by atoms with E-state index in [1.165, 1.54) is 14.2 Å². The number of benzene rings is 1. The minimum atomic E-state index is 0.0631. The monoisotopic (exact) mass is 274 g/mol. The van der Waals surface area contributed by atoms with Crippen molar-refractivity contribution in [3.8, 4) is 11.5 Å². The number of halogens is 1. The van der Waals surface area contributed by atoms with Crippen molar-refractivity contribution in [1.82, 2.24) is 0 Å². The molecule has 0 radical (unpaired) electrons. The van der Waals surface area contributed by atoms with Gasteiger partial charge < -0.3 is 14.2 Å². The van der Waals surface area contributed by atoms with Gasteiger partial charge >= 0.3 is 0 Å². The first-order chi connectivity index (χ1) is 7.24. The van der Waals surface area contributed by atoms with Crippen LogP contribution in [0.4, 0.5) is 0 Å². The van der Waals surface area contributed by atoms with E-state index in [9.17, 15) is 4.79 Å². The van der Waals surface area contributed by atoms with E-state index in [0.717, 1.165) is 4.47 Å². The zero-order chi connectivity index (χ0) is 11.3. The number of ether oxygens (including phenoxy) is 3. The summed E-state index contributed by atoms with van der Waals surface area (Å²) in [7, 11) is 3.01. The second-order valence-corrected chi connectivity index (χ2v) is 3.52. The predicted molar refractivity (Wildman–Crippen MR) is 58.6 cm³/mol. The van der Waals surface area contributed by atoms with Crippen LogP contribution in [0.3, 0.4) is 0 Å². The normalized spacial score (nSPS) is 9.80. The molecule has 0 amide bonds. The Morgan fingerprint density at radius 3 is 2.60 bits per heavy atom. The van der Waals surface area contributed by atoms with Gasteiger partial charge in [0.2, 0.25) is 0 Å². The highest BCUT2D eigenvalue weighted by atomic mass is 79.9. The first-order valence-corrected chi connectivity index (χ1v) is 4.97. The van der Waals surface area contributed by atoms with E-state index in [-0.39, 0.29) is 6.79 Å². The highest BCUT2D eigenvalue weighted by Crippen LogP contribution is 2.37. The summed E-state index contributed by atoms with van der Waals surface area (Å²) in [5.74, 6) is 0.861. The van der Waals surface area contributed by atoms with Crippen LogP contribution in [0.15, 0.2) is 16.6 Å². The molecule has 0 bridgehead atoms. The molecule has 1 aromatic carbocycles. The fourth-order valence-electron chi connectivity index (χ4n) is 1.10. The van der Waals surface area contributed by atoms with Gasteiger partial charge in [-0.25, -0.2) is 0 Å². The zero-order valence-electron chi connectivity index (χ0n) is 8.45. The average molecular weight is 275 g/mol. The summed E-state index contributed by atoms with van der Waals surface area (Å²) in [5.41, 5.74) is 0.423. The van der Waals surface area contributed by atoms with Crippen molar-refractivity contribution in [1.29, 1.82) is 0 Å². The Kier molecular flexibility index (Phi) is 4.58. The summed E-state index contributed by atoms with van der Waals surface area (Å²) in [6, 6.07) is 3.37. The summed E-state index contributed by atoms with van der Waals surface area (Å²) in [4.78, 5) is 10.8. The molecular formula is C10H11BrO4. The quantitative estimate of drug-likeness (QED) is 0.610. The highest BCUT2D eigenvalue weighted by molar-refractivity contribution is 9.10. The number of aldehydes is 1. The largest absolute Gasteiger partial charge is 0.492 e. The Balaban J connectivity index is 3.14. The van der Waals surface area contributed by atoms with Crippen LogP contribution in [0, 0.1) is 0 Å². The first-order valence-electron chi connectivity index (χ1n) is 4.18. The summed E-state index contributed by atoms with van der Waals surface area (Å²) < 4.78 is 15.9. The molecule has 0 saturated carbocycles. The Labute approximate surface area is 96.3 Å². The molecule has 1 rings (SSSR count). The molecule has 0 unspecified atom stereocenters. The van der Waals surface area contributed by atoms with Crippen molar-refractivity contribution >= 4 is 22.2 Å². The predicted octanol–water partition coefficient (Wildman–Crippen LogP) is 2.25. The molecule has 0 aliphatic heterocycles. The molecule has 15 heavy (non-hydrogen) atoms. The summed E-state index contributed by atoms with van der Waals surface area (Å²) in [5, 5.41) is 0. The van der Waals surface area contributed by atoms with E-state index in [0.29, 0.717) is 23.3 Å². The number of hydrogen-bond acceptors (Lipinski definition) is 4. The minimum absolute atomic E-state index is 0.0631. The van der Waals surface area contributed by atoms with Gasteiger partial charge in [0, 0.05) is 7.11 Å². The third kappa shape index (κ3) is 2.70. The fraction of sp³-hybridized carbons (Fsp3) is 0.300. The molecule has 82 valence electrons. The van der Waals surface area contributed by atoms with Gasteiger partial charge in [0.05, 0.1) is 17.1 Å². The van der Waals surface area contributed by atoms with Crippen molar-refractivity contribution in [3.05, 3.63) is 22.2 Å². The lowest BCUT2D eigenvalue weighted by Crippen LogP contribution is -2.03. The maximum absolute atomic E-state index is 10.8. The van der Waals surface area contributed by atoms with E-state index < -0.39 is 0 Å². The Hall–Kier alpha value is -1.07. The van der Waals surface area contributed by atoms with Gasteiger partial charge in [-0.2, -0.15) is 0 Å². The lowest BCUT2D eigenvalue weighted by Gasteiger charge is -2.13. The second-order valence-electron chi connectivity index (χ2n) is 2.67. The molecule has 0 N–H and O–H groups in total. The van der Waals surface area contributed by atoms with Crippen molar-refractivity contribution in [2.75, 3.05) is 21.0 Å². The number of hydrogen-bond donors (Lipinski definition) is 0. The van der Waals surface area contributed by atoms with Crippen LogP contribution in [0.5, 0.6) is 11.5 Å². The van der Waals surface area contributed by atoms with Crippen molar-refractivity contribution < 1.29 is 19.0 Å². The maximum atomic E-state index is 10.8. The topological polar surface area (TPSA) is 44.8 Å². The third-order valence-electron chi connectivity index (χ3n) is 1.75. The minimum Gasteiger partial charge on any atom is -0.492 e. The molecule has 0 spiro atoms. The van der Waals surface area contributed by atoms with Crippen LogP contribution in [0.25, 0.3) is 0 Å². The van der Waals surface area contributed by atoms with Gasteiger partial charge in [-0.1, -0.05) is 0 Å². The zero-order valence-corrected chi connectivity index (χ0v) is 10.0. The van der Waals surface area contributed by atoms with Crippen LogP contribution in [-0.2, 0) is 4.74 Å². The molecule has 0 aliphatic rings. The number of carbonyl (C=O) groups is 1. The van der Waals surface area contributed by atoms with E-state index in [1.54, 1.807) is 12.1 Å². The summed E-state index contributed by atoms with van der Waals surface area (Å²) in [6.45, 7) is 0.0631. The van der Waals surface area contributed by atoms with E-state index in [2.05, 4.69) is 15.9 Å². The van der Waals surface area contributed by atoms with Crippen molar-refractivity contribution in [2.45, 2.75) is 0 Å². The van der Waals surface area contributed by atoms with Gasteiger partial charge in [0.25, 0.3) is 0 Å². The van der Waals surface area contributed by atoms with Crippen LogP contribution in [0.1, 0.15) is 10.4 Å². The molecule has 0 fully saturated rings. The molecule has 0 atom stereocenters. The second kappa shape index (κ2) is 5.72. The Morgan fingerprint density at radius 2 is 2.07 bits per heavy atom. The SMILES string of the molecule is COCOc1c(C=O)ccc(Br)c1OC. The van der Waals surface area contributed by atoms with Gasteiger partial charge in [0.1, 0.15) is 0 Å². The van der Waals surface area contributed by atoms with Crippen molar-refractivity contribution in [2.24, 2.45) is 0 Å². The molecule has 0 aliphatic carbocycles. The molecule has 0 heterocycles. The van der Waals surface area contributed by atoms with Gasteiger partial charge in [-0.15, -0.1) is 0 Å². The number of rotatable bonds is 5. The highest BCUT2D eigenvalue weighted by Gasteiger charge is 2.13. The standard InChI is InChI=1S/C10H11BrO4/c1-13-6-15-9-7(5-12)3-4-8(11)10(9)14-2/h3-5H,6H2,1-2H3. The van der Waals surface area contributed by atoms with Gasteiger partial charge in [0.15, 0.2) is 24.6 Å². The fourth-order valence-corrected chi connectivity index (χ4v) is 1.58. The molecule has 1 aromatic rings. The molecular weight excluding hydrogens is 264 g/mol. The smallest absolute Gasteiger partial charge is 0.188 e. The van der Waals surface area contributed by atoms with E-state index in [1.807, 2.05) is 0 Å². The van der Waals surface area contributed by atoms with Crippen molar-refractivity contribution in [3.63, 3.8) is 0 Å². The van der Waals surface area contributed by atoms with Crippen LogP contribution < -0.4 is 9.47 Å². The van der Waals surface area contributed by atoms with Gasteiger partial charge in [-0.3, -0.25) is 4.79 Å². The molecule has 4 nitrogen and oxygen atoms in total. The lowest BCUT2D eigenvalue weighted by atomic mass is 10.2. The third-order valence-corrected chi connectivity index (χ3v) is 2.37. The van der Waals surface area contributed by atoms with Crippen LogP contribution in [0.2, 0.25) is 0 Å². The summed E-state index contributed by atoms with van der Waals surface area (Å²) >= 11 is 3.30. The Morgan fingerprint density at radius 1 is 1.33 bits per heavy atom. The van der Waals surface area contributed by atoms with Crippen LogP contribution in [-0.4, -0.2) is 27.3 Å². The van der Waals surface area contributed by atoms with E-state index >= 15 is 0 Å². The average Bonchev–Trinajstić information content (AvgIpc) is 2.26. The summed E-state index contributed by atoms with van der Waals surface area (Å²) in [6.07, 6.45) is 0.708.